The van der Waals surface area contributed by atoms with E-state index in [4.69, 9.17) is 0 Å². The van der Waals surface area contributed by atoms with Crippen LogP contribution in [0.1, 0.15) is 13.8 Å². The molecular formula is C6H12FN. The van der Waals surface area contributed by atoms with Gasteiger partial charge in [0, 0.05) is 6.54 Å². The standard InChI is InChI=1S/C6H12FN/c1-5(2)6(7)4-8-3/h8H,4H2,1-3H3. The minimum Gasteiger partial charge on any atom is -0.314 e. The van der Waals surface area contributed by atoms with Crippen LogP contribution >= 0.6 is 0 Å². The molecule has 0 unspecified atom stereocenters. The summed E-state index contributed by atoms with van der Waals surface area (Å²) in [6.07, 6.45) is 0. The van der Waals surface area contributed by atoms with E-state index in [0.717, 1.165) is 5.57 Å². The van der Waals surface area contributed by atoms with E-state index in [2.05, 4.69) is 5.32 Å². The van der Waals surface area contributed by atoms with Crippen molar-refractivity contribution in [1.29, 1.82) is 0 Å². The van der Waals surface area contributed by atoms with Crippen molar-refractivity contribution in [2.75, 3.05) is 13.6 Å². The van der Waals surface area contributed by atoms with Gasteiger partial charge in [-0.2, -0.15) is 0 Å². The Morgan fingerprint density at radius 2 is 2.00 bits per heavy atom. The van der Waals surface area contributed by atoms with Crippen molar-refractivity contribution in [2.45, 2.75) is 13.8 Å². The first-order chi connectivity index (χ1) is 3.68. The second kappa shape index (κ2) is 3.61. The molecule has 0 radical (unpaired) electrons. The Balaban J connectivity index is 3.62. The number of halogens is 1. The van der Waals surface area contributed by atoms with Gasteiger partial charge in [0.25, 0.3) is 0 Å². The zero-order valence-corrected chi connectivity index (χ0v) is 5.59. The fourth-order valence-corrected chi connectivity index (χ4v) is 0.332. The Morgan fingerprint density at radius 1 is 1.50 bits per heavy atom. The Kier molecular flexibility index (Phi) is 3.44. The topological polar surface area (TPSA) is 12.0 Å². The fraction of sp³-hybridized carbons (Fsp3) is 0.667. The molecule has 0 rings (SSSR count). The van der Waals surface area contributed by atoms with Crippen LogP contribution in [-0.2, 0) is 0 Å². The molecule has 0 amide bonds. The molecule has 8 heavy (non-hydrogen) atoms. The molecule has 48 valence electrons. The Morgan fingerprint density at radius 3 is 2.12 bits per heavy atom. The quantitative estimate of drug-likeness (QED) is 0.577. The molecule has 0 atom stereocenters. The highest BCUT2D eigenvalue weighted by atomic mass is 19.1. The summed E-state index contributed by atoms with van der Waals surface area (Å²) in [6, 6.07) is 0. The van der Waals surface area contributed by atoms with Gasteiger partial charge in [-0.15, -0.1) is 0 Å². The third-order valence-corrected chi connectivity index (χ3v) is 0.875. The first-order valence-electron chi connectivity index (χ1n) is 2.65. The normalized spacial score (nSPS) is 9.00. The lowest BCUT2D eigenvalue weighted by molar-refractivity contribution is 0.581. The lowest BCUT2D eigenvalue weighted by atomic mass is 10.3. The van der Waals surface area contributed by atoms with E-state index in [9.17, 15) is 4.39 Å². The van der Waals surface area contributed by atoms with Crippen LogP contribution in [0.4, 0.5) is 4.39 Å². The lowest BCUT2D eigenvalue weighted by Crippen LogP contribution is -2.08. The van der Waals surface area contributed by atoms with Crippen LogP contribution in [0.25, 0.3) is 0 Å². The molecule has 1 N–H and O–H groups in total. The van der Waals surface area contributed by atoms with Gasteiger partial charge in [-0.3, -0.25) is 0 Å². The zero-order chi connectivity index (χ0) is 6.57. The summed E-state index contributed by atoms with van der Waals surface area (Å²) in [5, 5.41) is 2.72. The van der Waals surface area contributed by atoms with Gasteiger partial charge in [0.2, 0.25) is 0 Å². The highest BCUT2D eigenvalue weighted by Gasteiger charge is 1.91. The van der Waals surface area contributed by atoms with E-state index in [1.54, 1.807) is 20.9 Å². The third-order valence-electron chi connectivity index (χ3n) is 0.875. The highest BCUT2D eigenvalue weighted by molar-refractivity contribution is 5.02. The Hall–Kier alpha value is -0.370. The summed E-state index contributed by atoms with van der Waals surface area (Å²) in [4.78, 5) is 0. The molecule has 2 heteroatoms. The van der Waals surface area contributed by atoms with Gasteiger partial charge in [0.1, 0.15) is 5.83 Å². The first kappa shape index (κ1) is 7.63. The summed E-state index contributed by atoms with van der Waals surface area (Å²) < 4.78 is 12.3. The van der Waals surface area contributed by atoms with Crippen LogP contribution < -0.4 is 5.32 Å². The molecular weight excluding hydrogens is 105 g/mol. The molecule has 0 heterocycles. The molecule has 0 fully saturated rings. The number of likely N-dealkylation sites (N-methyl/N-ethyl adjacent to an activating group) is 1. The average molecular weight is 117 g/mol. The van der Waals surface area contributed by atoms with E-state index in [1.165, 1.54) is 0 Å². The van der Waals surface area contributed by atoms with Crippen LogP contribution in [0.3, 0.4) is 0 Å². The maximum Gasteiger partial charge on any atom is 0.112 e. The van der Waals surface area contributed by atoms with Crippen LogP contribution in [0.15, 0.2) is 11.4 Å². The molecule has 0 saturated carbocycles. The van der Waals surface area contributed by atoms with Crippen LogP contribution in [-0.4, -0.2) is 13.6 Å². The highest BCUT2D eigenvalue weighted by Crippen LogP contribution is 2.01. The molecule has 0 bridgehead atoms. The molecule has 0 aromatic rings. The minimum absolute atomic E-state index is 0.0625. The van der Waals surface area contributed by atoms with Gasteiger partial charge in [0.15, 0.2) is 0 Å². The van der Waals surface area contributed by atoms with Crippen LogP contribution in [0.2, 0.25) is 0 Å². The Labute approximate surface area is 49.6 Å². The lowest BCUT2D eigenvalue weighted by Gasteiger charge is -1.95. The fourth-order valence-electron chi connectivity index (χ4n) is 0.332. The molecule has 0 spiro atoms. The van der Waals surface area contributed by atoms with Crippen LogP contribution in [0, 0.1) is 0 Å². The molecule has 1 nitrogen and oxygen atoms in total. The number of allylic oxidation sites excluding steroid dienone is 1. The number of hydrogen-bond acceptors (Lipinski definition) is 1. The average Bonchev–Trinajstić information content (AvgIpc) is 1.67. The van der Waals surface area contributed by atoms with Crippen molar-refractivity contribution in [3.8, 4) is 0 Å². The molecule has 0 saturated heterocycles. The number of nitrogens with one attached hydrogen (secondary N) is 1. The second-order valence-electron chi connectivity index (χ2n) is 1.94. The minimum atomic E-state index is -0.0625. The third kappa shape index (κ3) is 2.75. The van der Waals surface area contributed by atoms with Crippen molar-refractivity contribution in [1.82, 2.24) is 5.32 Å². The van der Waals surface area contributed by atoms with Crippen molar-refractivity contribution in [3.05, 3.63) is 11.4 Å². The van der Waals surface area contributed by atoms with Crippen molar-refractivity contribution >= 4 is 0 Å². The number of rotatable bonds is 2. The smallest absolute Gasteiger partial charge is 0.112 e. The molecule has 0 aromatic carbocycles. The van der Waals surface area contributed by atoms with Gasteiger partial charge in [-0.1, -0.05) is 0 Å². The summed E-state index contributed by atoms with van der Waals surface area (Å²) in [5.74, 6) is -0.0625. The summed E-state index contributed by atoms with van der Waals surface area (Å²) in [5.41, 5.74) is 0.749. The van der Waals surface area contributed by atoms with E-state index in [0.29, 0.717) is 6.54 Å². The molecule has 0 aromatic heterocycles. The number of hydrogen-bond donors (Lipinski definition) is 1. The van der Waals surface area contributed by atoms with E-state index >= 15 is 0 Å². The summed E-state index contributed by atoms with van der Waals surface area (Å²) in [7, 11) is 1.72. The zero-order valence-electron chi connectivity index (χ0n) is 5.59. The largest absolute Gasteiger partial charge is 0.314 e. The summed E-state index contributed by atoms with van der Waals surface area (Å²) >= 11 is 0. The van der Waals surface area contributed by atoms with E-state index in [1.807, 2.05) is 0 Å². The van der Waals surface area contributed by atoms with Crippen LogP contribution in [0.5, 0.6) is 0 Å². The molecule has 0 aliphatic rings. The van der Waals surface area contributed by atoms with Crippen molar-refractivity contribution in [2.24, 2.45) is 0 Å². The van der Waals surface area contributed by atoms with Crippen molar-refractivity contribution in [3.63, 3.8) is 0 Å². The van der Waals surface area contributed by atoms with Gasteiger partial charge < -0.3 is 5.32 Å². The second-order valence-corrected chi connectivity index (χ2v) is 1.94. The molecule has 0 aliphatic heterocycles. The van der Waals surface area contributed by atoms with Gasteiger partial charge in [0.05, 0.1) is 0 Å². The van der Waals surface area contributed by atoms with Crippen molar-refractivity contribution < 1.29 is 4.39 Å². The SMILES string of the molecule is CNCC(F)=C(C)C. The predicted octanol–water partition coefficient (Wildman–Crippen LogP) is 1.47. The maximum atomic E-state index is 12.3. The Bertz CT molecular complexity index is 92.7. The monoisotopic (exact) mass is 117 g/mol. The molecule has 0 aliphatic carbocycles. The summed E-state index contributed by atoms with van der Waals surface area (Å²) in [6.45, 7) is 3.86. The predicted molar refractivity (Wildman–Crippen MR) is 33.4 cm³/mol. The maximum absolute atomic E-state index is 12.3. The van der Waals surface area contributed by atoms with Gasteiger partial charge in [-0.05, 0) is 26.5 Å². The van der Waals surface area contributed by atoms with Gasteiger partial charge >= 0.3 is 0 Å². The van der Waals surface area contributed by atoms with E-state index < -0.39 is 0 Å². The van der Waals surface area contributed by atoms with E-state index in [-0.39, 0.29) is 5.83 Å². The van der Waals surface area contributed by atoms with Gasteiger partial charge in [-0.25, -0.2) is 4.39 Å². The first-order valence-corrected chi connectivity index (χ1v) is 2.65.